The Labute approximate surface area is 155 Å². The second-order valence-electron chi connectivity index (χ2n) is 6.72. The lowest BCUT2D eigenvalue weighted by atomic mass is 10.1. The molecule has 1 aromatic rings. The number of thioether (sulfide) groups is 1. The highest BCUT2D eigenvalue weighted by Crippen LogP contribution is 2.20. The molecule has 1 aromatic carbocycles. The lowest BCUT2D eigenvalue weighted by Crippen LogP contribution is -2.39. The fourth-order valence-corrected chi connectivity index (χ4v) is 4.46. The Morgan fingerprint density at radius 1 is 1.24 bits per heavy atom. The number of guanidine groups is 1. The van der Waals surface area contributed by atoms with E-state index in [9.17, 15) is 0 Å². The summed E-state index contributed by atoms with van der Waals surface area (Å²) in [4.78, 5) is 9.27. The fraction of sp³-hybridized carbons (Fsp3) is 0.632. The van der Waals surface area contributed by atoms with Crippen LogP contribution in [0.1, 0.15) is 12.0 Å². The van der Waals surface area contributed by atoms with Gasteiger partial charge in [-0.3, -0.25) is 4.99 Å². The lowest BCUT2D eigenvalue weighted by molar-refractivity contribution is 0.157. The lowest BCUT2D eigenvalue weighted by Gasteiger charge is -2.28. The molecule has 2 aliphatic rings. The molecule has 0 bridgehead atoms. The van der Waals surface area contributed by atoms with Crippen molar-refractivity contribution in [3.05, 3.63) is 29.8 Å². The van der Waals surface area contributed by atoms with Crippen molar-refractivity contribution in [2.45, 2.75) is 13.0 Å². The molecular formula is C19H30N4OS. The number of aliphatic imine (C=N–C) groups is 1. The molecule has 0 saturated carbocycles. The van der Waals surface area contributed by atoms with Gasteiger partial charge in [-0.1, -0.05) is 12.1 Å². The summed E-state index contributed by atoms with van der Waals surface area (Å²) in [6, 6.07) is 8.96. The number of likely N-dealkylation sites (tertiary alicyclic amines) is 1. The molecule has 2 heterocycles. The Kier molecular flexibility index (Phi) is 6.87. The first kappa shape index (κ1) is 18.4. The van der Waals surface area contributed by atoms with E-state index in [1.54, 1.807) is 7.11 Å². The summed E-state index contributed by atoms with van der Waals surface area (Å²) >= 11 is 2.05. The van der Waals surface area contributed by atoms with Crippen molar-refractivity contribution in [3.63, 3.8) is 0 Å². The quantitative estimate of drug-likeness (QED) is 0.643. The Bertz CT molecular complexity index is 557. The van der Waals surface area contributed by atoms with E-state index < -0.39 is 0 Å². The van der Waals surface area contributed by atoms with Gasteiger partial charge in [-0.15, -0.1) is 0 Å². The molecular weight excluding hydrogens is 332 g/mol. The molecule has 0 aliphatic carbocycles. The van der Waals surface area contributed by atoms with Crippen molar-refractivity contribution in [3.8, 4) is 0 Å². The van der Waals surface area contributed by atoms with Gasteiger partial charge >= 0.3 is 0 Å². The number of hydrogen-bond acceptors (Lipinski definition) is 4. The fourth-order valence-electron chi connectivity index (χ4n) is 3.56. The SMILES string of the molecule is CN=C(NCc1ccc(N2CCSCC2)cc1)N1CCC(COC)C1. The van der Waals surface area contributed by atoms with Gasteiger partial charge in [-0.2, -0.15) is 11.8 Å². The van der Waals surface area contributed by atoms with E-state index in [-0.39, 0.29) is 0 Å². The molecule has 5 nitrogen and oxygen atoms in total. The molecule has 0 aromatic heterocycles. The predicted molar refractivity (Wildman–Crippen MR) is 108 cm³/mol. The highest BCUT2D eigenvalue weighted by atomic mass is 32.2. The number of nitrogens with zero attached hydrogens (tertiary/aromatic N) is 3. The Morgan fingerprint density at radius 2 is 2.00 bits per heavy atom. The molecule has 0 spiro atoms. The van der Waals surface area contributed by atoms with Gasteiger partial charge in [-0.05, 0) is 24.1 Å². The van der Waals surface area contributed by atoms with Gasteiger partial charge in [0, 0.05) is 70.0 Å². The van der Waals surface area contributed by atoms with Gasteiger partial charge in [0.25, 0.3) is 0 Å². The Hall–Kier alpha value is -1.40. The van der Waals surface area contributed by atoms with Crippen molar-refractivity contribution >= 4 is 23.4 Å². The highest BCUT2D eigenvalue weighted by Gasteiger charge is 2.24. The molecule has 1 N–H and O–H groups in total. The van der Waals surface area contributed by atoms with Crippen LogP contribution >= 0.6 is 11.8 Å². The summed E-state index contributed by atoms with van der Waals surface area (Å²) in [7, 11) is 3.64. The second kappa shape index (κ2) is 9.34. The maximum absolute atomic E-state index is 5.29. The molecule has 6 heteroatoms. The zero-order valence-electron chi connectivity index (χ0n) is 15.4. The Morgan fingerprint density at radius 3 is 2.68 bits per heavy atom. The van der Waals surface area contributed by atoms with Gasteiger partial charge < -0.3 is 19.9 Å². The third-order valence-corrected chi connectivity index (χ3v) is 5.91. The summed E-state index contributed by atoms with van der Waals surface area (Å²) in [6.45, 7) is 6.05. The topological polar surface area (TPSA) is 40.1 Å². The van der Waals surface area contributed by atoms with E-state index in [0.717, 1.165) is 45.3 Å². The van der Waals surface area contributed by atoms with E-state index in [0.29, 0.717) is 5.92 Å². The third kappa shape index (κ3) is 5.05. The van der Waals surface area contributed by atoms with Crippen LogP contribution < -0.4 is 10.2 Å². The van der Waals surface area contributed by atoms with Crippen LogP contribution in [0.2, 0.25) is 0 Å². The van der Waals surface area contributed by atoms with E-state index in [2.05, 4.69) is 44.4 Å². The van der Waals surface area contributed by atoms with Gasteiger partial charge in [0.1, 0.15) is 0 Å². The van der Waals surface area contributed by atoms with Crippen LogP contribution in [-0.4, -0.2) is 69.3 Å². The van der Waals surface area contributed by atoms with Crippen LogP contribution in [0.3, 0.4) is 0 Å². The summed E-state index contributed by atoms with van der Waals surface area (Å²) in [6.07, 6.45) is 1.18. The third-order valence-electron chi connectivity index (χ3n) is 4.96. The number of nitrogens with one attached hydrogen (secondary N) is 1. The highest BCUT2D eigenvalue weighted by molar-refractivity contribution is 7.99. The van der Waals surface area contributed by atoms with E-state index in [1.165, 1.54) is 29.2 Å². The molecule has 25 heavy (non-hydrogen) atoms. The number of anilines is 1. The van der Waals surface area contributed by atoms with Gasteiger partial charge in [0.2, 0.25) is 0 Å². The smallest absolute Gasteiger partial charge is 0.193 e. The normalized spacial score (nSPS) is 21.7. The maximum atomic E-state index is 5.29. The van der Waals surface area contributed by atoms with Crippen molar-refractivity contribution in [1.82, 2.24) is 10.2 Å². The molecule has 1 unspecified atom stereocenters. The zero-order valence-corrected chi connectivity index (χ0v) is 16.2. The first-order chi connectivity index (χ1) is 12.3. The minimum Gasteiger partial charge on any atom is -0.384 e. The number of ether oxygens (including phenoxy) is 1. The number of methoxy groups -OCH3 is 1. The summed E-state index contributed by atoms with van der Waals surface area (Å²) in [5, 5.41) is 3.51. The van der Waals surface area contributed by atoms with Crippen molar-refractivity contribution in [2.75, 3.05) is 63.3 Å². The average Bonchev–Trinajstić information content (AvgIpc) is 3.12. The first-order valence-electron chi connectivity index (χ1n) is 9.16. The number of rotatable bonds is 5. The zero-order chi connectivity index (χ0) is 17.5. The standard InChI is InChI=1S/C19H30N4OS/c1-20-19(23-8-7-17(14-23)15-24-2)21-13-16-3-5-18(6-4-16)22-9-11-25-12-10-22/h3-6,17H,7-15H2,1-2H3,(H,20,21). The largest absolute Gasteiger partial charge is 0.384 e. The second-order valence-corrected chi connectivity index (χ2v) is 7.95. The van der Waals surface area contributed by atoms with Crippen LogP contribution in [0.5, 0.6) is 0 Å². The first-order valence-corrected chi connectivity index (χ1v) is 10.3. The number of benzene rings is 1. The Balaban J connectivity index is 1.50. The summed E-state index contributed by atoms with van der Waals surface area (Å²) in [5.41, 5.74) is 2.64. The van der Waals surface area contributed by atoms with Crippen LogP contribution in [0.15, 0.2) is 29.3 Å². The minimum atomic E-state index is 0.616. The molecule has 0 radical (unpaired) electrons. The molecule has 3 rings (SSSR count). The molecule has 0 amide bonds. The number of hydrogen-bond donors (Lipinski definition) is 1. The predicted octanol–water partition coefficient (Wildman–Crippen LogP) is 2.28. The van der Waals surface area contributed by atoms with Crippen molar-refractivity contribution < 1.29 is 4.74 Å². The molecule has 2 aliphatic heterocycles. The maximum Gasteiger partial charge on any atom is 0.193 e. The monoisotopic (exact) mass is 362 g/mol. The molecule has 1 atom stereocenters. The molecule has 2 fully saturated rings. The van der Waals surface area contributed by atoms with Gasteiger partial charge in [-0.25, -0.2) is 0 Å². The van der Waals surface area contributed by atoms with E-state index >= 15 is 0 Å². The van der Waals surface area contributed by atoms with Gasteiger partial charge in [0.15, 0.2) is 5.96 Å². The minimum absolute atomic E-state index is 0.616. The van der Waals surface area contributed by atoms with Crippen molar-refractivity contribution in [1.29, 1.82) is 0 Å². The summed E-state index contributed by atoms with van der Waals surface area (Å²) in [5.74, 6) is 4.08. The van der Waals surface area contributed by atoms with E-state index in [4.69, 9.17) is 4.74 Å². The van der Waals surface area contributed by atoms with Crippen LogP contribution in [-0.2, 0) is 11.3 Å². The van der Waals surface area contributed by atoms with Crippen LogP contribution in [0, 0.1) is 5.92 Å². The molecule has 2 saturated heterocycles. The van der Waals surface area contributed by atoms with Gasteiger partial charge in [0.05, 0.1) is 6.61 Å². The van der Waals surface area contributed by atoms with Crippen LogP contribution in [0.4, 0.5) is 5.69 Å². The average molecular weight is 363 g/mol. The van der Waals surface area contributed by atoms with E-state index in [1.807, 2.05) is 18.8 Å². The van der Waals surface area contributed by atoms with Crippen LogP contribution in [0.25, 0.3) is 0 Å². The molecule has 138 valence electrons. The summed E-state index contributed by atoms with van der Waals surface area (Å²) < 4.78 is 5.29. The van der Waals surface area contributed by atoms with Crippen molar-refractivity contribution in [2.24, 2.45) is 10.9 Å².